The fraction of sp³-hybridized carbons (Fsp3) is 0.308. The molecule has 0 radical (unpaired) electrons. The highest BCUT2D eigenvalue weighted by atomic mass is 35.5. The van der Waals surface area contributed by atoms with Gasteiger partial charge in [0, 0.05) is 0 Å². The molecule has 0 fully saturated rings. The van der Waals surface area contributed by atoms with E-state index >= 15 is 0 Å². The highest BCUT2D eigenvalue weighted by molar-refractivity contribution is 5.85. The number of hydrogen-bond acceptors (Lipinski definition) is 5. The van der Waals surface area contributed by atoms with Gasteiger partial charge in [-0.05, 0) is 43.6 Å². The van der Waals surface area contributed by atoms with Gasteiger partial charge in [-0.1, -0.05) is 6.08 Å². The predicted octanol–water partition coefficient (Wildman–Crippen LogP) is 1.80. The molecule has 1 aliphatic rings. The Morgan fingerprint density at radius 3 is 2.95 bits per heavy atom. The van der Waals surface area contributed by atoms with E-state index in [1.54, 1.807) is 0 Å². The molecule has 5 nitrogen and oxygen atoms in total. The maximum atomic E-state index is 5.84. The summed E-state index contributed by atoms with van der Waals surface area (Å²) in [5.41, 5.74) is 9.57. The summed E-state index contributed by atoms with van der Waals surface area (Å²) in [6.45, 7) is 2.02. The van der Waals surface area contributed by atoms with E-state index in [4.69, 9.17) is 5.73 Å². The molecule has 0 bridgehead atoms. The molecule has 3 N–H and O–H groups in total. The van der Waals surface area contributed by atoms with Crippen LogP contribution in [0.3, 0.4) is 0 Å². The standard InChI is InChI=1S/C13H15N5.ClH/c14-13-12-11(16-8-17-13)4-3-10(18-12)9-2-1-6-15-7-5-9;/h2-4,8,15H,1,5-7H2,(H2,14,16,17);1H. The molecule has 2 aromatic rings. The molecule has 0 aliphatic carbocycles. The Morgan fingerprint density at radius 1 is 1.16 bits per heavy atom. The van der Waals surface area contributed by atoms with E-state index in [0.717, 1.165) is 37.1 Å². The van der Waals surface area contributed by atoms with Crippen molar-refractivity contribution >= 4 is 34.8 Å². The monoisotopic (exact) mass is 277 g/mol. The van der Waals surface area contributed by atoms with Crippen LogP contribution in [0.1, 0.15) is 18.5 Å². The normalized spacial score (nSPS) is 15.5. The minimum absolute atomic E-state index is 0. The smallest absolute Gasteiger partial charge is 0.153 e. The summed E-state index contributed by atoms with van der Waals surface area (Å²) in [7, 11) is 0. The molecule has 0 aromatic carbocycles. The first-order valence-electron chi connectivity index (χ1n) is 6.12. The Bertz CT molecular complexity index is 611. The third-order valence-corrected chi connectivity index (χ3v) is 3.12. The largest absolute Gasteiger partial charge is 0.382 e. The van der Waals surface area contributed by atoms with Crippen LogP contribution in [-0.2, 0) is 0 Å². The molecule has 0 saturated heterocycles. The lowest BCUT2D eigenvalue weighted by atomic mass is 10.1. The van der Waals surface area contributed by atoms with Crippen LogP contribution in [0.5, 0.6) is 0 Å². The second-order valence-electron chi connectivity index (χ2n) is 4.34. The van der Waals surface area contributed by atoms with Crippen molar-refractivity contribution in [1.29, 1.82) is 0 Å². The van der Waals surface area contributed by atoms with Crippen LogP contribution in [0.15, 0.2) is 24.5 Å². The average Bonchev–Trinajstić information content (AvgIpc) is 2.68. The summed E-state index contributed by atoms with van der Waals surface area (Å²) in [5.74, 6) is 0.439. The zero-order valence-electron chi connectivity index (χ0n) is 10.5. The molecular formula is C13H16ClN5. The lowest BCUT2D eigenvalue weighted by Gasteiger charge is -2.06. The van der Waals surface area contributed by atoms with E-state index in [0.29, 0.717) is 11.3 Å². The molecule has 3 rings (SSSR count). The van der Waals surface area contributed by atoms with Crippen LogP contribution in [0, 0.1) is 0 Å². The first-order chi connectivity index (χ1) is 8.84. The highest BCUT2D eigenvalue weighted by Gasteiger charge is 2.09. The number of halogens is 1. The number of nitrogen functional groups attached to an aromatic ring is 1. The minimum atomic E-state index is 0. The number of nitrogens with one attached hydrogen (secondary N) is 1. The van der Waals surface area contributed by atoms with Gasteiger partial charge in [-0.15, -0.1) is 12.4 Å². The van der Waals surface area contributed by atoms with Crippen LogP contribution in [0.4, 0.5) is 5.82 Å². The van der Waals surface area contributed by atoms with Gasteiger partial charge in [-0.3, -0.25) is 0 Å². The van der Waals surface area contributed by atoms with Gasteiger partial charge in [0.15, 0.2) is 5.82 Å². The van der Waals surface area contributed by atoms with E-state index in [1.807, 2.05) is 12.1 Å². The lowest BCUT2D eigenvalue weighted by Crippen LogP contribution is -2.13. The van der Waals surface area contributed by atoms with Crippen molar-refractivity contribution < 1.29 is 0 Å². The number of anilines is 1. The molecule has 6 heteroatoms. The fourth-order valence-corrected chi connectivity index (χ4v) is 2.17. The first kappa shape index (κ1) is 13.7. The van der Waals surface area contributed by atoms with Crippen molar-refractivity contribution in [2.75, 3.05) is 18.8 Å². The summed E-state index contributed by atoms with van der Waals surface area (Å²) < 4.78 is 0. The minimum Gasteiger partial charge on any atom is -0.382 e. The molecular weight excluding hydrogens is 262 g/mol. The SMILES string of the molecule is Cl.Nc1ncnc2ccc(C3=CCCNCC3)nc12. The molecule has 0 atom stereocenters. The molecule has 0 spiro atoms. The molecule has 1 aliphatic heterocycles. The number of aromatic nitrogens is 3. The quantitative estimate of drug-likeness (QED) is 0.831. The van der Waals surface area contributed by atoms with Crippen molar-refractivity contribution in [3.63, 3.8) is 0 Å². The molecule has 100 valence electrons. The van der Waals surface area contributed by atoms with Gasteiger partial charge in [0.25, 0.3) is 0 Å². The van der Waals surface area contributed by atoms with Crippen molar-refractivity contribution in [3.05, 3.63) is 30.2 Å². The number of hydrogen-bond donors (Lipinski definition) is 2. The number of nitrogens with zero attached hydrogens (tertiary/aromatic N) is 3. The van der Waals surface area contributed by atoms with Gasteiger partial charge in [0.05, 0.1) is 11.2 Å². The van der Waals surface area contributed by atoms with Crippen molar-refractivity contribution in [2.24, 2.45) is 0 Å². The summed E-state index contributed by atoms with van der Waals surface area (Å²) in [4.78, 5) is 12.7. The zero-order chi connectivity index (χ0) is 12.4. The third-order valence-electron chi connectivity index (χ3n) is 3.12. The topological polar surface area (TPSA) is 76.7 Å². The Kier molecular flexibility index (Phi) is 4.29. The van der Waals surface area contributed by atoms with E-state index in [2.05, 4.69) is 26.3 Å². The van der Waals surface area contributed by atoms with Crippen LogP contribution in [-0.4, -0.2) is 28.0 Å². The van der Waals surface area contributed by atoms with Gasteiger partial charge in [-0.25, -0.2) is 15.0 Å². The summed E-state index contributed by atoms with van der Waals surface area (Å²) in [6, 6.07) is 3.96. The van der Waals surface area contributed by atoms with Crippen LogP contribution in [0.25, 0.3) is 16.6 Å². The number of rotatable bonds is 1. The molecule has 2 aromatic heterocycles. The van der Waals surface area contributed by atoms with Gasteiger partial charge in [-0.2, -0.15) is 0 Å². The number of fused-ring (bicyclic) bond motifs is 1. The number of pyridine rings is 1. The van der Waals surface area contributed by atoms with Gasteiger partial charge in [0.1, 0.15) is 11.8 Å². The molecule has 0 unspecified atom stereocenters. The van der Waals surface area contributed by atoms with Gasteiger partial charge < -0.3 is 11.1 Å². The van der Waals surface area contributed by atoms with Crippen LogP contribution >= 0.6 is 12.4 Å². The van der Waals surface area contributed by atoms with E-state index in [9.17, 15) is 0 Å². The Labute approximate surface area is 117 Å². The second kappa shape index (κ2) is 5.95. The maximum absolute atomic E-state index is 5.84. The molecule has 0 amide bonds. The van der Waals surface area contributed by atoms with Gasteiger partial charge in [0.2, 0.25) is 0 Å². The Hall–Kier alpha value is -1.72. The molecule has 19 heavy (non-hydrogen) atoms. The van der Waals surface area contributed by atoms with Crippen molar-refractivity contribution in [1.82, 2.24) is 20.3 Å². The zero-order valence-corrected chi connectivity index (χ0v) is 11.3. The van der Waals surface area contributed by atoms with Crippen molar-refractivity contribution in [3.8, 4) is 0 Å². The van der Waals surface area contributed by atoms with E-state index < -0.39 is 0 Å². The summed E-state index contributed by atoms with van der Waals surface area (Å²) in [5, 5.41) is 3.37. The van der Waals surface area contributed by atoms with E-state index in [1.165, 1.54) is 11.9 Å². The number of nitrogens with two attached hydrogens (primary N) is 1. The first-order valence-corrected chi connectivity index (χ1v) is 6.12. The van der Waals surface area contributed by atoms with Gasteiger partial charge >= 0.3 is 0 Å². The molecule has 3 heterocycles. The Balaban J connectivity index is 0.00000133. The third kappa shape index (κ3) is 2.83. The Morgan fingerprint density at radius 2 is 2.05 bits per heavy atom. The second-order valence-corrected chi connectivity index (χ2v) is 4.34. The lowest BCUT2D eigenvalue weighted by molar-refractivity contribution is 0.718. The maximum Gasteiger partial charge on any atom is 0.153 e. The summed E-state index contributed by atoms with van der Waals surface area (Å²) >= 11 is 0. The summed E-state index contributed by atoms with van der Waals surface area (Å²) in [6.07, 6.45) is 5.74. The van der Waals surface area contributed by atoms with Crippen LogP contribution < -0.4 is 11.1 Å². The van der Waals surface area contributed by atoms with Crippen LogP contribution in [0.2, 0.25) is 0 Å². The van der Waals surface area contributed by atoms with Crippen molar-refractivity contribution in [2.45, 2.75) is 12.8 Å². The molecule has 0 saturated carbocycles. The predicted molar refractivity (Wildman–Crippen MR) is 79.1 cm³/mol. The highest BCUT2D eigenvalue weighted by Crippen LogP contribution is 2.22. The van der Waals surface area contributed by atoms with E-state index in [-0.39, 0.29) is 12.4 Å². The fourth-order valence-electron chi connectivity index (χ4n) is 2.17. The average molecular weight is 278 g/mol.